The number of aliphatic hydroxyl groups is 1. The maximum atomic E-state index is 12.2. The van der Waals surface area contributed by atoms with Crippen molar-refractivity contribution in [1.82, 2.24) is 4.72 Å². The van der Waals surface area contributed by atoms with Gasteiger partial charge in [0.25, 0.3) is 0 Å². The van der Waals surface area contributed by atoms with E-state index in [9.17, 15) is 13.5 Å². The molecule has 1 aromatic rings. The normalized spacial score (nSPS) is 15.2. The average Bonchev–Trinajstić information content (AvgIpc) is 2.31. The molecule has 0 bridgehead atoms. The number of nitrogens with two attached hydrogens (primary N) is 1. The predicted octanol–water partition coefficient (Wildman–Crippen LogP) is 1.67. The van der Waals surface area contributed by atoms with E-state index in [0.29, 0.717) is 17.7 Å². The van der Waals surface area contributed by atoms with Crippen LogP contribution in [0.3, 0.4) is 0 Å². The molecule has 0 aliphatic rings. The largest absolute Gasteiger partial charge is 0.398 e. The average molecular weight is 307 g/mol. The van der Waals surface area contributed by atoms with E-state index in [0.717, 1.165) is 0 Å². The molecule has 0 fully saturated rings. The number of rotatable bonds is 5. The van der Waals surface area contributed by atoms with E-state index in [2.05, 4.69) is 4.72 Å². The molecule has 0 saturated carbocycles. The molecule has 0 heterocycles. The number of nitrogens with one attached hydrogen (secondary N) is 1. The Balaban J connectivity index is 3.08. The highest BCUT2D eigenvalue weighted by Crippen LogP contribution is 2.26. The van der Waals surface area contributed by atoms with Crippen LogP contribution >= 0.6 is 11.6 Å². The second-order valence-corrected chi connectivity index (χ2v) is 6.97. The molecular formula is C12H19ClN2O3S. The van der Waals surface area contributed by atoms with Crippen molar-refractivity contribution < 1.29 is 13.5 Å². The van der Waals surface area contributed by atoms with Crippen LogP contribution in [0.15, 0.2) is 17.0 Å². The third-order valence-electron chi connectivity index (χ3n) is 3.06. The van der Waals surface area contributed by atoms with Crippen molar-refractivity contribution in [2.45, 2.75) is 37.7 Å². The predicted molar refractivity (Wildman–Crippen MR) is 76.7 cm³/mol. The summed E-state index contributed by atoms with van der Waals surface area (Å²) in [6.45, 7) is 4.88. The minimum atomic E-state index is -3.75. The summed E-state index contributed by atoms with van der Waals surface area (Å²) in [4.78, 5) is 0.0319. The molecule has 108 valence electrons. The molecule has 1 atom stereocenters. The van der Waals surface area contributed by atoms with Crippen LogP contribution in [-0.4, -0.2) is 25.7 Å². The van der Waals surface area contributed by atoms with E-state index in [1.807, 2.05) is 0 Å². The lowest BCUT2D eigenvalue weighted by Crippen LogP contribution is -2.40. The first-order chi connectivity index (χ1) is 8.59. The fourth-order valence-electron chi connectivity index (χ4n) is 1.41. The molecule has 1 rings (SSSR count). The first-order valence-corrected chi connectivity index (χ1v) is 7.73. The van der Waals surface area contributed by atoms with Crippen molar-refractivity contribution in [3.63, 3.8) is 0 Å². The van der Waals surface area contributed by atoms with Gasteiger partial charge in [0, 0.05) is 17.3 Å². The molecule has 1 unspecified atom stereocenters. The van der Waals surface area contributed by atoms with Gasteiger partial charge in [-0.25, -0.2) is 13.1 Å². The Morgan fingerprint density at radius 3 is 2.58 bits per heavy atom. The van der Waals surface area contributed by atoms with Crippen LogP contribution in [-0.2, 0) is 10.0 Å². The molecule has 0 aromatic heterocycles. The topological polar surface area (TPSA) is 92.4 Å². The molecule has 4 N–H and O–H groups in total. The van der Waals surface area contributed by atoms with Crippen molar-refractivity contribution in [3.8, 4) is 0 Å². The number of hydrogen-bond acceptors (Lipinski definition) is 4. The molecular weight excluding hydrogens is 288 g/mol. The molecule has 0 aliphatic heterocycles. The van der Waals surface area contributed by atoms with Crippen LogP contribution in [0.4, 0.5) is 5.69 Å². The first kappa shape index (κ1) is 16.2. The van der Waals surface area contributed by atoms with Gasteiger partial charge in [-0.3, -0.25) is 0 Å². The summed E-state index contributed by atoms with van der Waals surface area (Å²) in [6.07, 6.45) is 0.437. The molecule has 0 aliphatic carbocycles. The lowest BCUT2D eigenvalue weighted by Gasteiger charge is -2.22. The van der Waals surface area contributed by atoms with Gasteiger partial charge in [0.15, 0.2) is 0 Å². The van der Waals surface area contributed by atoms with E-state index < -0.39 is 15.6 Å². The van der Waals surface area contributed by atoms with Crippen LogP contribution in [0, 0.1) is 6.92 Å². The minimum absolute atomic E-state index is 0.0319. The Morgan fingerprint density at radius 1 is 1.47 bits per heavy atom. The second-order valence-electron chi connectivity index (χ2n) is 4.79. The first-order valence-electron chi connectivity index (χ1n) is 5.87. The highest BCUT2D eigenvalue weighted by Gasteiger charge is 2.24. The highest BCUT2D eigenvalue weighted by molar-refractivity contribution is 7.89. The zero-order chi connectivity index (χ0) is 14.8. The van der Waals surface area contributed by atoms with Crippen molar-refractivity contribution in [3.05, 3.63) is 22.7 Å². The SMILES string of the molecule is CCC(C)(O)CNS(=O)(=O)c1cc(Cl)cc(N)c1C. The van der Waals surface area contributed by atoms with Gasteiger partial charge < -0.3 is 10.8 Å². The summed E-state index contributed by atoms with van der Waals surface area (Å²) in [5.74, 6) is 0. The fraction of sp³-hybridized carbons (Fsp3) is 0.500. The van der Waals surface area contributed by atoms with E-state index in [1.54, 1.807) is 20.8 Å². The standard InChI is InChI=1S/C12H19ClN2O3S/c1-4-12(3,16)7-15-19(17,18)11-6-9(13)5-10(14)8(11)2/h5-6,15-16H,4,7,14H2,1-3H3. The zero-order valence-corrected chi connectivity index (χ0v) is 12.8. The van der Waals surface area contributed by atoms with Gasteiger partial charge in [-0.1, -0.05) is 18.5 Å². The van der Waals surface area contributed by atoms with Crippen LogP contribution in [0.5, 0.6) is 0 Å². The second kappa shape index (κ2) is 5.66. The Labute approximate surface area is 118 Å². The monoisotopic (exact) mass is 306 g/mol. The molecule has 19 heavy (non-hydrogen) atoms. The molecule has 0 radical (unpaired) electrons. The smallest absolute Gasteiger partial charge is 0.241 e. The van der Waals surface area contributed by atoms with Crippen molar-refractivity contribution in [2.24, 2.45) is 0 Å². The number of sulfonamides is 1. The van der Waals surface area contributed by atoms with Gasteiger partial charge in [0.05, 0.1) is 10.5 Å². The Morgan fingerprint density at radius 2 is 2.05 bits per heavy atom. The quantitative estimate of drug-likeness (QED) is 0.721. The van der Waals surface area contributed by atoms with E-state index in [1.165, 1.54) is 12.1 Å². The lowest BCUT2D eigenvalue weighted by molar-refractivity contribution is 0.0613. The van der Waals surface area contributed by atoms with E-state index >= 15 is 0 Å². The molecule has 5 nitrogen and oxygen atoms in total. The maximum Gasteiger partial charge on any atom is 0.241 e. The number of halogens is 1. The summed E-state index contributed by atoms with van der Waals surface area (Å²) in [6, 6.07) is 2.84. The van der Waals surface area contributed by atoms with Crippen LogP contribution in [0.1, 0.15) is 25.8 Å². The Kier molecular flexibility index (Phi) is 4.84. The van der Waals surface area contributed by atoms with Crippen molar-refractivity contribution in [2.75, 3.05) is 12.3 Å². The van der Waals surface area contributed by atoms with Crippen LogP contribution in [0.2, 0.25) is 5.02 Å². The highest BCUT2D eigenvalue weighted by atomic mass is 35.5. The third kappa shape index (κ3) is 4.07. The lowest BCUT2D eigenvalue weighted by atomic mass is 10.1. The van der Waals surface area contributed by atoms with Gasteiger partial charge in [-0.05, 0) is 38.0 Å². The summed E-state index contributed by atoms with van der Waals surface area (Å²) < 4.78 is 26.7. The molecule has 0 amide bonds. The third-order valence-corrected chi connectivity index (χ3v) is 4.80. The van der Waals surface area contributed by atoms with Gasteiger partial charge >= 0.3 is 0 Å². The van der Waals surface area contributed by atoms with Gasteiger partial charge in [-0.15, -0.1) is 0 Å². The molecule has 0 spiro atoms. The Bertz CT molecular complexity index is 571. The molecule has 7 heteroatoms. The van der Waals surface area contributed by atoms with Gasteiger partial charge in [0.2, 0.25) is 10.0 Å². The van der Waals surface area contributed by atoms with Crippen molar-refractivity contribution >= 4 is 27.3 Å². The maximum absolute atomic E-state index is 12.2. The van der Waals surface area contributed by atoms with Crippen LogP contribution < -0.4 is 10.5 Å². The molecule has 0 saturated heterocycles. The summed E-state index contributed by atoms with van der Waals surface area (Å²) in [5, 5.41) is 10.1. The fourth-order valence-corrected chi connectivity index (χ4v) is 3.16. The van der Waals surface area contributed by atoms with Gasteiger partial charge in [-0.2, -0.15) is 0 Å². The number of anilines is 1. The number of hydrogen-bond donors (Lipinski definition) is 3. The van der Waals surface area contributed by atoms with Crippen LogP contribution in [0.25, 0.3) is 0 Å². The molecule has 1 aromatic carbocycles. The summed E-state index contributed by atoms with van der Waals surface area (Å²) in [5.41, 5.74) is 5.36. The minimum Gasteiger partial charge on any atom is -0.398 e. The number of nitrogen functional groups attached to an aromatic ring is 1. The van der Waals surface area contributed by atoms with Crippen molar-refractivity contribution in [1.29, 1.82) is 0 Å². The van der Waals surface area contributed by atoms with Gasteiger partial charge in [0.1, 0.15) is 0 Å². The van der Waals surface area contributed by atoms with E-state index in [4.69, 9.17) is 17.3 Å². The summed E-state index contributed by atoms with van der Waals surface area (Å²) in [7, 11) is -3.75. The van der Waals surface area contributed by atoms with E-state index in [-0.39, 0.29) is 16.5 Å². The zero-order valence-electron chi connectivity index (χ0n) is 11.2. The summed E-state index contributed by atoms with van der Waals surface area (Å²) >= 11 is 5.82. The Hall–Kier alpha value is -0.820. The number of benzene rings is 1.